The second-order valence-electron chi connectivity index (χ2n) is 3.03. The lowest BCUT2D eigenvalue weighted by molar-refractivity contribution is 0.102. The molecule has 0 bridgehead atoms. The molecule has 0 spiro atoms. The van der Waals surface area contributed by atoms with Gasteiger partial charge in [0.2, 0.25) is 0 Å². The predicted octanol–water partition coefficient (Wildman–Crippen LogP) is 2.63. The first kappa shape index (κ1) is 10.9. The van der Waals surface area contributed by atoms with Gasteiger partial charge in [0.1, 0.15) is 11.0 Å². The molecule has 0 unspecified atom stereocenters. The van der Waals surface area contributed by atoms with Crippen molar-refractivity contribution in [3.05, 3.63) is 39.7 Å². The minimum atomic E-state index is -0.211. The number of carbonyl (C=O) groups excluding carboxylic acids is 1. The van der Waals surface area contributed by atoms with Gasteiger partial charge in [0.15, 0.2) is 0 Å². The SMILES string of the molecule is Nc1nc(Cl)ccc1NC(=O)c1ccsc1. The Morgan fingerprint density at radius 1 is 1.44 bits per heavy atom. The van der Waals surface area contributed by atoms with Gasteiger partial charge in [-0.1, -0.05) is 11.6 Å². The van der Waals surface area contributed by atoms with Crippen LogP contribution < -0.4 is 11.1 Å². The first-order chi connectivity index (χ1) is 7.66. The Labute approximate surface area is 101 Å². The van der Waals surface area contributed by atoms with Crippen LogP contribution in [0.5, 0.6) is 0 Å². The van der Waals surface area contributed by atoms with Crippen LogP contribution in [0.4, 0.5) is 11.5 Å². The number of amides is 1. The van der Waals surface area contributed by atoms with E-state index >= 15 is 0 Å². The summed E-state index contributed by atoms with van der Waals surface area (Å²) in [6, 6.07) is 4.93. The number of anilines is 2. The maximum atomic E-state index is 11.7. The van der Waals surface area contributed by atoms with Crippen LogP contribution in [-0.2, 0) is 0 Å². The molecule has 0 atom stereocenters. The summed E-state index contributed by atoms with van der Waals surface area (Å²) >= 11 is 7.11. The number of nitrogen functional groups attached to an aromatic ring is 1. The van der Waals surface area contributed by atoms with Crippen LogP contribution in [0.25, 0.3) is 0 Å². The number of hydrogen-bond donors (Lipinski definition) is 2. The van der Waals surface area contributed by atoms with Crippen LogP contribution >= 0.6 is 22.9 Å². The van der Waals surface area contributed by atoms with E-state index in [9.17, 15) is 4.79 Å². The third-order valence-electron chi connectivity index (χ3n) is 1.92. The van der Waals surface area contributed by atoms with E-state index in [0.717, 1.165) is 0 Å². The summed E-state index contributed by atoms with van der Waals surface area (Å²) in [4.78, 5) is 15.5. The highest BCUT2D eigenvalue weighted by Crippen LogP contribution is 2.19. The first-order valence-corrected chi connectivity index (χ1v) is 5.74. The van der Waals surface area contributed by atoms with E-state index in [2.05, 4.69) is 10.3 Å². The molecule has 4 nitrogen and oxygen atoms in total. The summed E-state index contributed by atoms with van der Waals surface area (Å²) in [5.41, 5.74) is 6.67. The van der Waals surface area contributed by atoms with Crippen LogP contribution in [0.1, 0.15) is 10.4 Å². The topological polar surface area (TPSA) is 68.0 Å². The minimum absolute atomic E-state index is 0.205. The standard InChI is InChI=1S/C10H8ClN3OS/c11-8-2-1-7(9(12)14-8)13-10(15)6-3-4-16-5-6/h1-5H,(H2,12,14)(H,13,15). The monoisotopic (exact) mass is 253 g/mol. The highest BCUT2D eigenvalue weighted by Gasteiger charge is 2.08. The number of pyridine rings is 1. The highest BCUT2D eigenvalue weighted by molar-refractivity contribution is 7.08. The molecule has 0 saturated heterocycles. The Balaban J connectivity index is 2.18. The first-order valence-electron chi connectivity index (χ1n) is 4.42. The minimum Gasteiger partial charge on any atom is -0.382 e. The molecular weight excluding hydrogens is 246 g/mol. The van der Waals surface area contributed by atoms with E-state index < -0.39 is 0 Å². The van der Waals surface area contributed by atoms with Gasteiger partial charge in [-0.3, -0.25) is 4.79 Å². The van der Waals surface area contributed by atoms with Crippen LogP contribution in [0.3, 0.4) is 0 Å². The zero-order valence-corrected chi connectivity index (χ0v) is 9.68. The third kappa shape index (κ3) is 2.32. The van der Waals surface area contributed by atoms with Crippen molar-refractivity contribution in [2.75, 3.05) is 11.1 Å². The zero-order chi connectivity index (χ0) is 11.5. The molecule has 1 amide bonds. The molecule has 6 heteroatoms. The number of rotatable bonds is 2. The number of thiophene rings is 1. The van der Waals surface area contributed by atoms with Crippen LogP contribution in [0, 0.1) is 0 Å². The molecule has 0 aliphatic rings. The predicted molar refractivity (Wildman–Crippen MR) is 65.9 cm³/mol. The largest absolute Gasteiger partial charge is 0.382 e. The van der Waals surface area contributed by atoms with Crippen molar-refractivity contribution >= 4 is 40.4 Å². The molecule has 0 aliphatic carbocycles. The second-order valence-corrected chi connectivity index (χ2v) is 4.20. The average Bonchev–Trinajstić information content (AvgIpc) is 2.75. The fourth-order valence-corrected chi connectivity index (χ4v) is 1.93. The number of aromatic nitrogens is 1. The van der Waals surface area contributed by atoms with Gasteiger partial charge in [-0.15, -0.1) is 0 Å². The number of nitrogens with zero attached hydrogens (tertiary/aromatic N) is 1. The maximum Gasteiger partial charge on any atom is 0.256 e. The number of carbonyl (C=O) groups is 1. The Morgan fingerprint density at radius 2 is 2.25 bits per heavy atom. The Hall–Kier alpha value is -1.59. The third-order valence-corrected chi connectivity index (χ3v) is 2.82. The Bertz CT molecular complexity index is 513. The number of nitrogens with one attached hydrogen (secondary N) is 1. The van der Waals surface area contributed by atoms with Crippen molar-refractivity contribution in [1.29, 1.82) is 0 Å². The molecule has 0 fully saturated rings. The van der Waals surface area contributed by atoms with E-state index in [1.165, 1.54) is 11.3 Å². The highest BCUT2D eigenvalue weighted by atomic mass is 35.5. The fraction of sp³-hybridized carbons (Fsp3) is 0. The van der Waals surface area contributed by atoms with Crippen LogP contribution in [-0.4, -0.2) is 10.9 Å². The van der Waals surface area contributed by atoms with Crippen molar-refractivity contribution in [3.63, 3.8) is 0 Å². The molecule has 0 saturated carbocycles. The average molecular weight is 254 g/mol. The molecule has 2 aromatic rings. The lowest BCUT2D eigenvalue weighted by Crippen LogP contribution is -2.12. The lowest BCUT2D eigenvalue weighted by atomic mass is 10.3. The molecule has 3 N–H and O–H groups in total. The van der Waals surface area contributed by atoms with E-state index in [-0.39, 0.29) is 11.7 Å². The number of hydrogen-bond acceptors (Lipinski definition) is 4. The molecule has 2 heterocycles. The van der Waals surface area contributed by atoms with Crippen molar-refractivity contribution in [2.24, 2.45) is 0 Å². The maximum absolute atomic E-state index is 11.7. The molecule has 0 aliphatic heterocycles. The van der Waals surface area contributed by atoms with E-state index in [0.29, 0.717) is 16.4 Å². The van der Waals surface area contributed by atoms with Gasteiger partial charge in [-0.25, -0.2) is 4.98 Å². The fourth-order valence-electron chi connectivity index (χ4n) is 1.14. The molecule has 2 aromatic heterocycles. The van der Waals surface area contributed by atoms with Crippen LogP contribution in [0.15, 0.2) is 29.0 Å². The number of nitrogens with two attached hydrogens (primary N) is 1. The second kappa shape index (κ2) is 4.51. The van der Waals surface area contributed by atoms with Crippen molar-refractivity contribution in [3.8, 4) is 0 Å². The Kier molecular flexibility index (Phi) is 3.07. The van der Waals surface area contributed by atoms with E-state index in [1.54, 1.807) is 23.6 Å². The smallest absolute Gasteiger partial charge is 0.256 e. The quantitative estimate of drug-likeness (QED) is 0.809. The van der Waals surface area contributed by atoms with Gasteiger partial charge in [0.25, 0.3) is 5.91 Å². The summed E-state index contributed by atoms with van der Waals surface area (Å²) in [6.07, 6.45) is 0. The summed E-state index contributed by atoms with van der Waals surface area (Å²) in [7, 11) is 0. The molecule has 2 rings (SSSR count). The van der Waals surface area contributed by atoms with Crippen molar-refractivity contribution < 1.29 is 4.79 Å². The van der Waals surface area contributed by atoms with Crippen LogP contribution in [0.2, 0.25) is 5.15 Å². The van der Waals surface area contributed by atoms with Gasteiger partial charge in [0.05, 0.1) is 11.3 Å². The van der Waals surface area contributed by atoms with Crippen molar-refractivity contribution in [1.82, 2.24) is 4.98 Å². The van der Waals surface area contributed by atoms with Gasteiger partial charge in [0, 0.05) is 5.38 Å². The molecule has 16 heavy (non-hydrogen) atoms. The van der Waals surface area contributed by atoms with Gasteiger partial charge in [-0.2, -0.15) is 11.3 Å². The van der Waals surface area contributed by atoms with Crippen molar-refractivity contribution in [2.45, 2.75) is 0 Å². The van der Waals surface area contributed by atoms with Gasteiger partial charge < -0.3 is 11.1 Å². The van der Waals surface area contributed by atoms with Gasteiger partial charge >= 0.3 is 0 Å². The zero-order valence-electron chi connectivity index (χ0n) is 8.11. The number of halogens is 1. The molecule has 82 valence electrons. The Morgan fingerprint density at radius 3 is 2.88 bits per heavy atom. The van der Waals surface area contributed by atoms with Gasteiger partial charge in [-0.05, 0) is 23.6 Å². The molecular formula is C10H8ClN3OS. The summed E-state index contributed by atoms with van der Waals surface area (Å²) < 4.78 is 0. The van der Waals surface area contributed by atoms with E-state index in [1.807, 2.05) is 5.38 Å². The van der Waals surface area contributed by atoms with E-state index in [4.69, 9.17) is 17.3 Å². The molecule has 0 radical (unpaired) electrons. The normalized spacial score (nSPS) is 10.1. The molecule has 0 aromatic carbocycles. The summed E-state index contributed by atoms with van der Waals surface area (Å²) in [5, 5.41) is 6.55. The lowest BCUT2D eigenvalue weighted by Gasteiger charge is -2.06. The summed E-state index contributed by atoms with van der Waals surface area (Å²) in [5.74, 6) is -0.00634. The summed E-state index contributed by atoms with van der Waals surface area (Å²) in [6.45, 7) is 0.